The summed E-state index contributed by atoms with van der Waals surface area (Å²) in [4.78, 5) is 177. The normalized spacial score (nSPS) is 16.1. The molecule has 3 aromatic carbocycles. The van der Waals surface area contributed by atoms with Gasteiger partial charge in [-0.3, -0.25) is 57.5 Å². The van der Waals surface area contributed by atoms with Gasteiger partial charge in [0.05, 0.1) is 32.3 Å². The third-order valence-corrected chi connectivity index (χ3v) is 15.3. The molecular weight excluding hydrogens is 1260 g/mol. The highest BCUT2D eigenvalue weighted by molar-refractivity contribution is 6.00. The number of primary amides is 1. The number of carboxylic acid groups (broad SMARTS) is 1. The Labute approximate surface area is 553 Å². The van der Waals surface area contributed by atoms with Crippen LogP contribution in [0.3, 0.4) is 0 Å². The number of nitrogens with zero attached hydrogens (tertiary/aromatic N) is 1. The van der Waals surface area contributed by atoms with Gasteiger partial charge in [0, 0.05) is 25.8 Å². The summed E-state index contributed by atoms with van der Waals surface area (Å²) >= 11 is 0. The van der Waals surface area contributed by atoms with Gasteiger partial charge >= 0.3 is 5.97 Å². The first-order valence-electron chi connectivity index (χ1n) is 31.2. The van der Waals surface area contributed by atoms with Crippen LogP contribution in [0.2, 0.25) is 0 Å². The van der Waals surface area contributed by atoms with Crippen molar-refractivity contribution in [2.45, 2.75) is 164 Å². The predicted octanol–water partition coefficient (Wildman–Crippen LogP) is -5.56. The maximum absolute atomic E-state index is 14.5. The van der Waals surface area contributed by atoms with Crippen LogP contribution < -0.4 is 70.4 Å². The number of benzene rings is 3. The van der Waals surface area contributed by atoms with Crippen LogP contribution in [0.5, 0.6) is 11.5 Å². The lowest BCUT2D eigenvalue weighted by Crippen LogP contribution is -2.61. The third-order valence-electron chi connectivity index (χ3n) is 15.3. The van der Waals surface area contributed by atoms with Crippen molar-refractivity contribution in [2.24, 2.45) is 23.1 Å². The number of amides is 12. The van der Waals surface area contributed by atoms with Crippen LogP contribution in [0.25, 0.3) is 0 Å². The number of nitrogens with one attached hydrogen (secondary N) is 10. The summed E-state index contributed by atoms with van der Waals surface area (Å²) in [6.45, 7) is 3.45. The van der Waals surface area contributed by atoms with Crippen molar-refractivity contribution in [3.05, 3.63) is 95.6 Å². The molecule has 0 saturated carbocycles. The Hall–Kier alpha value is -9.83. The average molecular weight is 1350 g/mol. The van der Waals surface area contributed by atoms with Gasteiger partial charge in [-0.05, 0) is 106 Å². The summed E-state index contributed by atoms with van der Waals surface area (Å²) in [7, 11) is 0. The van der Waals surface area contributed by atoms with E-state index >= 15 is 0 Å². The van der Waals surface area contributed by atoms with E-state index in [-0.39, 0.29) is 81.9 Å². The molecule has 33 heteroatoms. The van der Waals surface area contributed by atoms with Crippen LogP contribution in [-0.4, -0.2) is 218 Å². The van der Waals surface area contributed by atoms with Gasteiger partial charge < -0.3 is 106 Å². The van der Waals surface area contributed by atoms with Crippen molar-refractivity contribution in [1.82, 2.24) is 58.1 Å². The van der Waals surface area contributed by atoms with Gasteiger partial charge in [-0.15, -0.1) is 0 Å². The highest BCUT2D eigenvalue weighted by atomic mass is 16.4. The van der Waals surface area contributed by atoms with Gasteiger partial charge in [-0.25, -0.2) is 4.79 Å². The summed E-state index contributed by atoms with van der Waals surface area (Å²) in [5.74, 6) is -13.4. The Morgan fingerprint density at radius 2 is 1.06 bits per heavy atom. The van der Waals surface area contributed by atoms with Gasteiger partial charge in [0.1, 0.15) is 78.0 Å². The van der Waals surface area contributed by atoms with Gasteiger partial charge in [0.2, 0.25) is 70.9 Å². The second kappa shape index (κ2) is 39.1. The number of likely N-dealkylation sites (tertiary alicyclic amines) is 1. The van der Waals surface area contributed by atoms with Crippen molar-refractivity contribution in [1.29, 1.82) is 0 Å². The second-order valence-electron chi connectivity index (χ2n) is 23.7. The summed E-state index contributed by atoms with van der Waals surface area (Å²) in [5, 5.41) is 84.2. The second-order valence-corrected chi connectivity index (χ2v) is 23.7. The minimum absolute atomic E-state index is 0.00188. The highest BCUT2D eigenvalue weighted by Gasteiger charge is 2.41. The molecule has 1 aliphatic heterocycles. The monoisotopic (exact) mass is 1350 g/mol. The van der Waals surface area contributed by atoms with E-state index in [4.69, 9.17) is 17.2 Å². The van der Waals surface area contributed by atoms with Gasteiger partial charge in [0.15, 0.2) is 0 Å². The van der Waals surface area contributed by atoms with E-state index in [1.165, 1.54) is 60.4 Å². The first-order valence-corrected chi connectivity index (χ1v) is 31.2. The molecule has 0 radical (unpaired) electrons. The van der Waals surface area contributed by atoms with Crippen LogP contribution in [-0.2, 0) is 81.6 Å². The minimum atomic E-state index is -1.79. The molecule has 96 heavy (non-hydrogen) atoms. The standard InChI is InChI=1S/C63H90N14O19/c1-33(2)25-46(74-53(85)34(3)68-61(93)52(35(4)80)76-58(90)45(29-50(66)83)71-54(86)41(65)31-78)62(94)77-24-10-14-49(77)60(92)75-48(32-79)59(91)70-42(13-8-9-23-64)56(88)73-44(26-36-11-6-5-7-12-36)57(89)72-43(27-37-15-19-39(81)20-16-37)55(87)67-30-51(84)69-47(63(95)96)28-38-17-21-40(82)22-18-38/h5-7,11-12,15-22,33-35,41-49,52,78-82H,8-10,13-14,23-32,64-65H2,1-4H3,(H2,66,83)(H,67,87)(H,68,93)(H,69,84)(H,70,91)(H,71,86)(H,72,89)(H,73,88)(H,74,85)(H,75,92)(H,76,90)(H,95,96)/t34-,35+,41-,42-,43-,44-,45-,46-,47-,48-,49-,52-/m0/s1. The first kappa shape index (κ1) is 78.6. The average Bonchev–Trinajstić information content (AvgIpc) is 1.58. The predicted molar refractivity (Wildman–Crippen MR) is 342 cm³/mol. The summed E-state index contributed by atoms with van der Waals surface area (Å²) in [6, 6.07) is 3.08. The van der Waals surface area contributed by atoms with E-state index in [1.54, 1.807) is 44.2 Å². The lowest BCUT2D eigenvalue weighted by Gasteiger charge is -2.31. The fourth-order valence-electron chi connectivity index (χ4n) is 10.1. The molecule has 12 amide bonds. The molecule has 1 saturated heterocycles. The SMILES string of the molecule is CC(C)C[C@H](NC(=O)[C@H](C)NC(=O)[C@@H](NC(=O)[C@H](CC(N)=O)NC(=O)[C@@H](N)CO)[C@@H](C)O)C(=O)N1CCC[C@H]1C(=O)N[C@@H](CO)C(=O)N[C@@H](CCCCN)C(=O)N[C@@H](Cc1ccccc1)C(=O)N[C@@H](Cc1ccc(O)cc1)C(=O)NCC(=O)N[C@@H](Cc1ccc(O)cc1)C(=O)O. The summed E-state index contributed by atoms with van der Waals surface area (Å²) < 4.78 is 0. The zero-order valence-electron chi connectivity index (χ0n) is 53.8. The molecule has 4 rings (SSSR count). The van der Waals surface area contributed by atoms with Crippen molar-refractivity contribution >= 4 is 76.9 Å². The Morgan fingerprint density at radius 1 is 0.552 bits per heavy atom. The maximum Gasteiger partial charge on any atom is 0.326 e. The van der Waals surface area contributed by atoms with E-state index in [0.29, 0.717) is 23.1 Å². The molecule has 22 N–H and O–H groups in total. The highest BCUT2D eigenvalue weighted by Crippen LogP contribution is 2.22. The first-order chi connectivity index (χ1) is 45.4. The van der Waals surface area contributed by atoms with E-state index in [0.717, 1.165) is 6.92 Å². The fourth-order valence-corrected chi connectivity index (χ4v) is 10.1. The van der Waals surface area contributed by atoms with Crippen molar-refractivity contribution < 1.29 is 93.0 Å². The Kier molecular flexibility index (Phi) is 32.0. The number of hydrogen-bond donors (Lipinski definition) is 19. The quantitative estimate of drug-likeness (QED) is 0.0237. The largest absolute Gasteiger partial charge is 0.508 e. The number of rotatable bonds is 39. The number of phenols is 2. The van der Waals surface area contributed by atoms with E-state index < -0.39 is 176 Å². The number of hydrogen-bond acceptors (Lipinski definition) is 20. The molecule has 526 valence electrons. The van der Waals surface area contributed by atoms with Crippen LogP contribution >= 0.6 is 0 Å². The van der Waals surface area contributed by atoms with Crippen LogP contribution in [0, 0.1) is 5.92 Å². The van der Waals surface area contributed by atoms with E-state index in [1.807, 2.05) is 0 Å². The number of carbonyl (C=O) groups is 13. The number of nitrogens with two attached hydrogens (primary N) is 3. The molecule has 12 atom stereocenters. The molecule has 1 fully saturated rings. The molecule has 0 unspecified atom stereocenters. The Morgan fingerprint density at radius 3 is 1.59 bits per heavy atom. The van der Waals surface area contributed by atoms with Crippen molar-refractivity contribution in [3.63, 3.8) is 0 Å². The topological polar surface area (TPSA) is 545 Å². The maximum atomic E-state index is 14.5. The zero-order chi connectivity index (χ0) is 71.3. The van der Waals surface area contributed by atoms with Crippen molar-refractivity contribution in [2.75, 3.05) is 32.8 Å². The molecule has 0 aromatic heterocycles. The zero-order valence-corrected chi connectivity index (χ0v) is 53.8. The number of aliphatic hydroxyl groups is 3. The Bertz CT molecular complexity index is 3160. The molecule has 0 spiro atoms. The van der Waals surface area contributed by atoms with E-state index in [9.17, 15) is 93.0 Å². The van der Waals surface area contributed by atoms with Crippen LogP contribution in [0.15, 0.2) is 78.9 Å². The number of aromatic hydroxyl groups is 2. The van der Waals surface area contributed by atoms with E-state index in [2.05, 4.69) is 53.2 Å². The number of aliphatic carboxylic acids is 1. The third kappa shape index (κ3) is 25.8. The van der Waals surface area contributed by atoms with Gasteiger partial charge in [0.25, 0.3) is 0 Å². The number of aliphatic hydroxyl groups excluding tert-OH is 3. The molecule has 1 aliphatic rings. The number of unbranched alkanes of at least 4 members (excludes halogenated alkanes) is 1. The minimum Gasteiger partial charge on any atom is -0.508 e. The van der Waals surface area contributed by atoms with Crippen LogP contribution in [0.4, 0.5) is 0 Å². The molecule has 0 aliphatic carbocycles. The molecular formula is C63H90N14O19. The molecule has 1 heterocycles. The van der Waals surface area contributed by atoms with Crippen molar-refractivity contribution in [3.8, 4) is 11.5 Å². The number of phenolic OH excluding ortho intramolecular Hbond substituents is 2. The Balaban J connectivity index is 1.50. The molecule has 33 nitrogen and oxygen atoms in total. The van der Waals surface area contributed by atoms with Crippen LogP contribution in [0.1, 0.15) is 89.3 Å². The summed E-state index contributed by atoms with van der Waals surface area (Å²) in [6.07, 6.45) is -2.10. The lowest BCUT2D eigenvalue weighted by molar-refractivity contribution is -0.143. The fraction of sp³-hybridized carbons (Fsp3) is 0.508. The summed E-state index contributed by atoms with van der Waals surface area (Å²) in [5.41, 5.74) is 18.0. The lowest BCUT2D eigenvalue weighted by atomic mass is 10.0. The molecule has 3 aromatic rings. The number of carboxylic acids is 1. The van der Waals surface area contributed by atoms with Gasteiger partial charge in [-0.2, -0.15) is 0 Å². The molecule has 0 bridgehead atoms. The smallest absolute Gasteiger partial charge is 0.326 e. The number of carbonyl (C=O) groups excluding carboxylic acids is 12. The van der Waals surface area contributed by atoms with Gasteiger partial charge in [-0.1, -0.05) is 68.4 Å².